The molecule has 0 aliphatic rings. The number of hydrogen-bond donors (Lipinski definition) is 2. The zero-order chi connectivity index (χ0) is 15.4. The Morgan fingerprint density at radius 3 is 1.36 bits per heavy atom. The molecule has 0 fully saturated rings. The smallest absolute Gasteiger partial charge is 0.0964 e. The summed E-state index contributed by atoms with van der Waals surface area (Å²) < 4.78 is 8.19. The third-order valence-electron chi connectivity index (χ3n) is 2.34. The van der Waals surface area contributed by atoms with Crippen LogP contribution in [0.5, 0.6) is 0 Å². The molecule has 0 bridgehead atoms. The molecule has 0 saturated heterocycles. The first-order valence-corrected chi connectivity index (χ1v) is 5.65. The van der Waals surface area contributed by atoms with Gasteiger partial charge in [-0.05, 0) is 12.1 Å². The van der Waals surface area contributed by atoms with E-state index in [1.54, 1.807) is 12.4 Å². The summed E-state index contributed by atoms with van der Waals surface area (Å²) in [6, 6.07) is 12.1. The minimum Gasteiger partial charge on any atom is -0.254 e. The zero-order valence-electron chi connectivity index (χ0n) is 12.1. The molecule has 0 aliphatic carbocycles. The Kier molecular flexibility index (Phi) is 24.3. The third kappa shape index (κ3) is 8.58. The van der Waals surface area contributed by atoms with Gasteiger partial charge < -0.3 is 21.0 Å². The third-order valence-corrected chi connectivity index (χ3v) is 2.34. The van der Waals surface area contributed by atoms with Crippen molar-refractivity contribution in [2.75, 3.05) is 0 Å². The molecule has 1 aromatic carbocycles. The monoisotopic (exact) mass is 391 g/mol. The molecule has 2 aromatic heterocycles. The number of rotatable bonds is 0. The van der Waals surface area contributed by atoms with E-state index in [1.165, 1.54) is 0 Å². The van der Waals surface area contributed by atoms with Gasteiger partial charge in [-0.25, -0.2) is 0 Å². The minimum atomic E-state index is 0. The average molecular weight is 391 g/mol. The van der Waals surface area contributed by atoms with Gasteiger partial charge in [0.15, 0.2) is 0 Å². The number of hydrogen-bond acceptors (Lipinski definition) is 7. The van der Waals surface area contributed by atoms with Crippen LogP contribution in [0, 0.1) is 0 Å². The Hall–Kier alpha value is 1.54. The standard InChI is InChI=1S/C12H8N2.2K.2H2O2.O.V/c1-3-9-5-6-10-4-2-8-14-12(10)11(9)13-7-1;;;2*1-2;;/h1-8H;;;2*1-2H;;/p-2. The van der Waals surface area contributed by atoms with Crippen LogP contribution in [-0.4, -0.2) is 123 Å². The van der Waals surface area contributed by atoms with Crippen molar-refractivity contribution >= 4 is 125 Å². The summed E-state index contributed by atoms with van der Waals surface area (Å²) in [6.07, 6.45) is 3.60. The number of nitrogens with zero attached hydrogens (tertiary/aromatic N) is 2. The fraction of sp³-hybridized carbons (Fsp3) is 0. The van der Waals surface area contributed by atoms with Gasteiger partial charge in [-0.3, -0.25) is 9.97 Å². The predicted octanol–water partition coefficient (Wildman–Crippen LogP) is -0.460. The van der Waals surface area contributed by atoms with Crippen molar-refractivity contribution in [2.45, 2.75) is 0 Å². The maximum atomic E-state index is 8.19. The van der Waals surface area contributed by atoms with Gasteiger partial charge in [0.05, 0.1) is 11.0 Å². The summed E-state index contributed by atoms with van der Waals surface area (Å²) in [7, 11) is 0. The molecule has 2 N–H and O–H groups in total. The van der Waals surface area contributed by atoms with Crippen molar-refractivity contribution in [3.63, 3.8) is 0 Å². The molecule has 3 rings (SSSR count). The van der Waals surface area contributed by atoms with Gasteiger partial charge in [0, 0.05) is 126 Å². The van der Waals surface area contributed by atoms with E-state index in [1.807, 2.05) is 12.1 Å². The number of benzene rings is 1. The van der Waals surface area contributed by atoms with Crippen LogP contribution in [0.15, 0.2) is 48.8 Å². The maximum absolute atomic E-state index is 8.19. The molecule has 107 valence electrons. The van der Waals surface area contributed by atoms with Crippen molar-refractivity contribution in [3.8, 4) is 0 Å². The van der Waals surface area contributed by atoms with Crippen LogP contribution in [0.1, 0.15) is 0 Å². The molecular formula is C12H10K2N2O5V-2. The normalized spacial score (nSPS) is 7.59. The van der Waals surface area contributed by atoms with Gasteiger partial charge in [-0.1, -0.05) is 24.3 Å². The van der Waals surface area contributed by atoms with E-state index in [9.17, 15) is 0 Å². The van der Waals surface area contributed by atoms with Crippen LogP contribution in [-0.2, 0) is 21.0 Å². The van der Waals surface area contributed by atoms with Gasteiger partial charge in [-0.2, -0.15) is 0 Å². The molecular weight excluding hydrogens is 381 g/mol. The van der Waals surface area contributed by atoms with Crippen molar-refractivity contribution in [1.82, 2.24) is 9.97 Å². The Morgan fingerprint density at radius 2 is 1.05 bits per heavy atom. The van der Waals surface area contributed by atoms with Crippen LogP contribution in [0.3, 0.4) is 0 Å². The zero-order valence-corrected chi connectivity index (χ0v) is 19.7. The Morgan fingerprint density at radius 1 is 0.727 bits per heavy atom. The topological polar surface area (TPSA) is 129 Å². The first-order valence-electron chi connectivity index (χ1n) is 5.08. The summed E-state index contributed by atoms with van der Waals surface area (Å²) in [5.41, 5.74) is 1.95. The van der Waals surface area contributed by atoms with E-state index >= 15 is 0 Å². The second kappa shape index (κ2) is 18.9. The van der Waals surface area contributed by atoms with Gasteiger partial charge in [0.1, 0.15) is 0 Å². The molecule has 2 heterocycles. The first-order chi connectivity index (χ1) is 9.95. The SMILES string of the molecule is [K].[K].[O-]O.[O-]O.[O]=[V].c1cnc2c(c1)ccc1cccnc12. The second-order valence-corrected chi connectivity index (χ2v) is 3.22. The summed E-state index contributed by atoms with van der Waals surface area (Å²) in [5, 5.41) is 28.3. The van der Waals surface area contributed by atoms with Crippen molar-refractivity contribution < 1.29 is 42.1 Å². The maximum Gasteiger partial charge on any atom is 0.0964 e. The molecule has 0 unspecified atom stereocenters. The van der Waals surface area contributed by atoms with E-state index in [4.69, 9.17) is 24.7 Å². The quantitative estimate of drug-likeness (QED) is 0.230. The summed E-state index contributed by atoms with van der Waals surface area (Å²) in [5.74, 6) is 0. The number of pyridine rings is 2. The minimum absolute atomic E-state index is 0. The summed E-state index contributed by atoms with van der Waals surface area (Å²) >= 11 is 1.06. The van der Waals surface area contributed by atoms with Crippen LogP contribution < -0.4 is 10.5 Å². The van der Waals surface area contributed by atoms with Crippen LogP contribution in [0.25, 0.3) is 21.8 Å². The van der Waals surface area contributed by atoms with Crippen LogP contribution in [0.2, 0.25) is 0 Å². The molecule has 0 spiro atoms. The van der Waals surface area contributed by atoms with E-state index in [2.05, 4.69) is 34.2 Å². The molecule has 0 atom stereocenters. The fourth-order valence-electron chi connectivity index (χ4n) is 1.68. The van der Waals surface area contributed by atoms with E-state index in [0.717, 1.165) is 39.2 Å². The van der Waals surface area contributed by atoms with Gasteiger partial charge in [-0.15, -0.1) is 0 Å². The Bertz CT molecular complexity index is 593. The van der Waals surface area contributed by atoms with Crippen molar-refractivity contribution in [2.24, 2.45) is 0 Å². The molecule has 0 aliphatic heterocycles. The molecule has 10 heteroatoms. The average Bonchev–Trinajstić information content (AvgIpc) is 2.60. The van der Waals surface area contributed by atoms with E-state index in [-0.39, 0.29) is 103 Å². The van der Waals surface area contributed by atoms with Crippen molar-refractivity contribution in [1.29, 1.82) is 0 Å². The summed E-state index contributed by atoms with van der Waals surface area (Å²) in [4.78, 5) is 8.69. The van der Waals surface area contributed by atoms with Gasteiger partial charge in [0.2, 0.25) is 0 Å². The molecule has 7 nitrogen and oxygen atoms in total. The molecule has 0 saturated carbocycles. The summed E-state index contributed by atoms with van der Waals surface area (Å²) in [6.45, 7) is 0. The Labute approximate surface area is 221 Å². The van der Waals surface area contributed by atoms with Crippen molar-refractivity contribution in [3.05, 3.63) is 48.8 Å². The number of fused-ring (bicyclic) bond motifs is 3. The largest absolute Gasteiger partial charge is 0.254 e. The first kappa shape index (κ1) is 28.3. The van der Waals surface area contributed by atoms with Crippen LogP contribution in [0.4, 0.5) is 0 Å². The van der Waals surface area contributed by atoms with Gasteiger partial charge in [0.25, 0.3) is 0 Å². The molecule has 22 heavy (non-hydrogen) atoms. The molecule has 2 radical (unpaired) electrons. The second-order valence-electron chi connectivity index (χ2n) is 3.22. The predicted molar refractivity (Wildman–Crippen MR) is 74.5 cm³/mol. The number of aromatic nitrogens is 2. The molecule has 3 aromatic rings. The van der Waals surface area contributed by atoms with E-state index in [0.29, 0.717) is 0 Å². The van der Waals surface area contributed by atoms with E-state index < -0.39 is 0 Å². The van der Waals surface area contributed by atoms with Crippen LogP contribution >= 0.6 is 0 Å². The van der Waals surface area contributed by atoms with Gasteiger partial charge >= 0.3 is 21.0 Å². The molecule has 0 amide bonds. The fourth-order valence-corrected chi connectivity index (χ4v) is 1.68. The Balaban J connectivity index is -0.000000408.